The fraction of sp³-hybridized carbons (Fsp3) is 0.562. The van der Waals surface area contributed by atoms with Crippen LogP contribution < -0.4 is 10.2 Å². The molecule has 0 bridgehead atoms. The number of anilines is 1. The van der Waals surface area contributed by atoms with Crippen molar-refractivity contribution in [3.8, 4) is 0 Å². The summed E-state index contributed by atoms with van der Waals surface area (Å²) >= 11 is 0. The molecule has 1 aliphatic heterocycles. The summed E-state index contributed by atoms with van der Waals surface area (Å²) in [5.41, 5.74) is 0.951. The molecule has 4 heteroatoms. The Kier molecular flexibility index (Phi) is 5.56. The molecule has 0 spiro atoms. The Morgan fingerprint density at radius 1 is 1.35 bits per heavy atom. The summed E-state index contributed by atoms with van der Waals surface area (Å²) in [6.45, 7) is 5.59. The van der Waals surface area contributed by atoms with Crippen LogP contribution in [0.3, 0.4) is 0 Å². The fourth-order valence-corrected chi connectivity index (χ4v) is 2.62. The second-order valence-electron chi connectivity index (χ2n) is 5.41. The molecule has 1 fully saturated rings. The van der Waals surface area contributed by atoms with Gasteiger partial charge in [-0.3, -0.25) is 9.69 Å². The molecule has 0 saturated carbocycles. The van der Waals surface area contributed by atoms with Gasteiger partial charge in [0.2, 0.25) is 5.91 Å². The van der Waals surface area contributed by atoms with Crippen molar-refractivity contribution in [1.29, 1.82) is 0 Å². The van der Waals surface area contributed by atoms with Crippen LogP contribution in [0.2, 0.25) is 0 Å². The second-order valence-corrected chi connectivity index (χ2v) is 5.41. The molecule has 1 saturated heterocycles. The lowest BCUT2D eigenvalue weighted by molar-refractivity contribution is -0.119. The number of hydrogen-bond acceptors (Lipinski definition) is 3. The third-order valence-corrected chi connectivity index (χ3v) is 3.96. The molecule has 1 aromatic carbocycles. The van der Waals surface area contributed by atoms with E-state index in [0.29, 0.717) is 12.6 Å². The number of carbonyl (C=O) groups excluding carboxylic acids is 1. The number of likely N-dealkylation sites (N-methyl/N-ethyl adjacent to an activating group) is 2. The number of carbonyl (C=O) groups is 1. The highest BCUT2D eigenvalue weighted by molar-refractivity contribution is 5.94. The van der Waals surface area contributed by atoms with E-state index >= 15 is 0 Å². The van der Waals surface area contributed by atoms with E-state index in [4.69, 9.17) is 0 Å². The molecule has 2 rings (SSSR count). The highest BCUT2D eigenvalue weighted by Crippen LogP contribution is 2.12. The highest BCUT2D eigenvalue weighted by atomic mass is 16.2. The molecule has 1 aliphatic rings. The highest BCUT2D eigenvalue weighted by Gasteiger charge is 2.20. The lowest BCUT2D eigenvalue weighted by Gasteiger charge is -2.26. The maximum absolute atomic E-state index is 12.4. The quantitative estimate of drug-likeness (QED) is 0.859. The van der Waals surface area contributed by atoms with Gasteiger partial charge in [0, 0.05) is 25.3 Å². The summed E-state index contributed by atoms with van der Waals surface area (Å²) in [7, 11) is 1.85. The van der Waals surface area contributed by atoms with E-state index in [0.717, 1.165) is 25.3 Å². The Bertz CT molecular complexity index is 415. The van der Waals surface area contributed by atoms with Crippen LogP contribution in [0.25, 0.3) is 0 Å². The zero-order valence-corrected chi connectivity index (χ0v) is 12.5. The predicted molar refractivity (Wildman–Crippen MR) is 83.0 cm³/mol. The molecular weight excluding hydrogens is 250 g/mol. The maximum atomic E-state index is 12.4. The first-order chi connectivity index (χ1) is 9.70. The minimum absolute atomic E-state index is 0.149. The van der Waals surface area contributed by atoms with Gasteiger partial charge in [-0.25, -0.2) is 0 Å². The fourth-order valence-electron chi connectivity index (χ4n) is 2.62. The summed E-state index contributed by atoms with van der Waals surface area (Å²) in [4.78, 5) is 16.3. The van der Waals surface area contributed by atoms with Crippen LogP contribution in [0.15, 0.2) is 30.3 Å². The standard InChI is InChI=1S/C16H25N3O/c1-3-19(12-14-8-7-11-17-14)13-16(20)18(2)15-9-5-4-6-10-15/h4-6,9-10,14,17H,3,7-8,11-13H2,1-2H3. The van der Waals surface area contributed by atoms with Crippen LogP contribution in [0.1, 0.15) is 19.8 Å². The minimum Gasteiger partial charge on any atom is -0.314 e. The average Bonchev–Trinajstić information content (AvgIpc) is 2.99. The van der Waals surface area contributed by atoms with Gasteiger partial charge in [-0.1, -0.05) is 25.1 Å². The topological polar surface area (TPSA) is 35.6 Å². The van der Waals surface area contributed by atoms with Crippen molar-refractivity contribution in [2.24, 2.45) is 0 Å². The Hall–Kier alpha value is -1.39. The lowest BCUT2D eigenvalue weighted by Crippen LogP contribution is -2.43. The molecule has 0 radical (unpaired) electrons. The third kappa shape index (κ3) is 4.05. The summed E-state index contributed by atoms with van der Waals surface area (Å²) in [6, 6.07) is 10.4. The first-order valence-corrected chi connectivity index (χ1v) is 7.48. The minimum atomic E-state index is 0.149. The number of rotatable bonds is 6. The molecule has 1 atom stereocenters. The number of nitrogens with zero attached hydrogens (tertiary/aromatic N) is 2. The van der Waals surface area contributed by atoms with Gasteiger partial charge in [-0.05, 0) is 38.1 Å². The molecule has 110 valence electrons. The van der Waals surface area contributed by atoms with Crippen LogP contribution in [-0.4, -0.2) is 50.1 Å². The molecule has 20 heavy (non-hydrogen) atoms. The van der Waals surface area contributed by atoms with Crippen molar-refractivity contribution in [3.63, 3.8) is 0 Å². The normalized spacial score (nSPS) is 18.4. The smallest absolute Gasteiger partial charge is 0.240 e. The van der Waals surface area contributed by atoms with Crippen LogP contribution in [0.5, 0.6) is 0 Å². The Morgan fingerprint density at radius 3 is 2.70 bits per heavy atom. The number of para-hydroxylation sites is 1. The summed E-state index contributed by atoms with van der Waals surface area (Å²) in [5, 5.41) is 3.49. The molecule has 4 nitrogen and oxygen atoms in total. The Labute approximate surface area is 121 Å². The van der Waals surface area contributed by atoms with Gasteiger partial charge in [0.15, 0.2) is 0 Å². The van der Waals surface area contributed by atoms with E-state index in [2.05, 4.69) is 17.1 Å². The Balaban J connectivity index is 1.88. The van der Waals surface area contributed by atoms with E-state index < -0.39 is 0 Å². The van der Waals surface area contributed by atoms with Crippen LogP contribution >= 0.6 is 0 Å². The summed E-state index contributed by atoms with van der Waals surface area (Å²) in [6.07, 6.45) is 2.47. The number of benzene rings is 1. The number of amides is 1. The van der Waals surface area contributed by atoms with Gasteiger partial charge >= 0.3 is 0 Å². The first-order valence-electron chi connectivity index (χ1n) is 7.48. The van der Waals surface area contributed by atoms with Crippen molar-refractivity contribution in [2.45, 2.75) is 25.8 Å². The van der Waals surface area contributed by atoms with Crippen molar-refractivity contribution in [3.05, 3.63) is 30.3 Å². The first kappa shape index (κ1) is 15.0. The maximum Gasteiger partial charge on any atom is 0.240 e. The average molecular weight is 275 g/mol. The number of nitrogens with one attached hydrogen (secondary N) is 1. The monoisotopic (exact) mass is 275 g/mol. The number of hydrogen-bond donors (Lipinski definition) is 1. The van der Waals surface area contributed by atoms with Crippen molar-refractivity contribution in [2.75, 3.05) is 38.1 Å². The lowest BCUT2D eigenvalue weighted by atomic mass is 10.2. The van der Waals surface area contributed by atoms with E-state index in [1.165, 1.54) is 12.8 Å². The van der Waals surface area contributed by atoms with Gasteiger partial charge in [0.1, 0.15) is 0 Å². The summed E-state index contributed by atoms with van der Waals surface area (Å²) in [5.74, 6) is 0.149. The van der Waals surface area contributed by atoms with Gasteiger partial charge in [0.05, 0.1) is 6.54 Å². The second kappa shape index (κ2) is 7.41. The van der Waals surface area contributed by atoms with E-state index in [9.17, 15) is 4.79 Å². The van der Waals surface area contributed by atoms with E-state index in [1.54, 1.807) is 4.90 Å². The van der Waals surface area contributed by atoms with E-state index in [-0.39, 0.29) is 5.91 Å². The zero-order chi connectivity index (χ0) is 14.4. The molecule has 1 aromatic rings. The molecule has 1 unspecified atom stereocenters. The summed E-state index contributed by atoms with van der Waals surface area (Å²) < 4.78 is 0. The van der Waals surface area contributed by atoms with Gasteiger partial charge in [-0.15, -0.1) is 0 Å². The van der Waals surface area contributed by atoms with Crippen molar-refractivity contribution >= 4 is 11.6 Å². The van der Waals surface area contributed by atoms with Gasteiger partial charge < -0.3 is 10.2 Å². The SMILES string of the molecule is CCN(CC(=O)N(C)c1ccccc1)CC1CCCN1. The van der Waals surface area contributed by atoms with Crippen molar-refractivity contribution < 1.29 is 4.79 Å². The molecule has 1 amide bonds. The molecule has 0 aliphatic carbocycles. The van der Waals surface area contributed by atoms with Crippen LogP contribution in [0.4, 0.5) is 5.69 Å². The zero-order valence-electron chi connectivity index (χ0n) is 12.5. The van der Waals surface area contributed by atoms with Crippen LogP contribution in [-0.2, 0) is 4.79 Å². The molecule has 1 N–H and O–H groups in total. The van der Waals surface area contributed by atoms with E-state index in [1.807, 2.05) is 37.4 Å². The van der Waals surface area contributed by atoms with Gasteiger partial charge in [-0.2, -0.15) is 0 Å². The third-order valence-electron chi connectivity index (χ3n) is 3.96. The molecular formula is C16H25N3O. The Morgan fingerprint density at radius 2 is 2.10 bits per heavy atom. The molecule has 1 heterocycles. The predicted octanol–water partition coefficient (Wildman–Crippen LogP) is 1.72. The van der Waals surface area contributed by atoms with Crippen LogP contribution in [0, 0.1) is 0 Å². The van der Waals surface area contributed by atoms with Gasteiger partial charge in [0.25, 0.3) is 0 Å². The van der Waals surface area contributed by atoms with Crippen molar-refractivity contribution in [1.82, 2.24) is 10.2 Å². The molecule has 0 aromatic heterocycles. The largest absolute Gasteiger partial charge is 0.314 e.